The van der Waals surface area contributed by atoms with Gasteiger partial charge in [-0.3, -0.25) is 0 Å². The number of benzene rings is 1. The summed E-state index contributed by atoms with van der Waals surface area (Å²) in [5.74, 6) is 0.318. The van der Waals surface area contributed by atoms with Crippen molar-refractivity contribution in [2.45, 2.75) is 0 Å². The molecule has 0 N–H and O–H groups in total. The Balaban J connectivity index is 2.60. The zero-order valence-electron chi connectivity index (χ0n) is 10.9. The van der Waals surface area contributed by atoms with Crippen LogP contribution in [0.4, 0.5) is 0 Å². The number of esters is 1. The molecule has 4 nitrogen and oxygen atoms in total. The van der Waals surface area contributed by atoms with Gasteiger partial charge in [0.1, 0.15) is 11.3 Å². The smallest absolute Gasteiger partial charge is 0.341 e. The fraction of sp³-hybridized carbons (Fsp3) is 0.214. The van der Waals surface area contributed by atoms with E-state index in [1.54, 1.807) is 18.4 Å². The molecule has 0 atom stereocenters. The molecule has 1 heterocycles. The molecule has 0 saturated heterocycles. The van der Waals surface area contributed by atoms with Crippen LogP contribution < -0.4 is 4.74 Å². The molecule has 0 radical (unpaired) electrons. The van der Waals surface area contributed by atoms with E-state index in [1.165, 1.54) is 20.5 Å². The molecule has 2 aromatic rings. The zero-order chi connectivity index (χ0) is 13.8. The van der Waals surface area contributed by atoms with Gasteiger partial charge in [0.05, 0.1) is 27.6 Å². The summed E-state index contributed by atoms with van der Waals surface area (Å²) in [6.45, 7) is 0. The first-order valence-electron chi connectivity index (χ1n) is 5.58. The van der Waals surface area contributed by atoms with Crippen molar-refractivity contribution in [3.63, 3.8) is 0 Å². The van der Waals surface area contributed by atoms with E-state index in [1.807, 2.05) is 23.6 Å². The van der Waals surface area contributed by atoms with Crippen molar-refractivity contribution in [1.82, 2.24) is 0 Å². The van der Waals surface area contributed by atoms with Crippen LogP contribution in [0, 0.1) is 0 Å². The third kappa shape index (κ3) is 2.56. The standard InChI is InChI=1S/C14H14O4S/c1-16-7-11(14(15)18-3)12-8-19-13-5-4-9(17-2)6-10(12)13/h4-8H,1-3H3. The summed E-state index contributed by atoms with van der Waals surface area (Å²) < 4.78 is 16.0. The number of rotatable bonds is 4. The SMILES string of the molecule is COC=C(C(=O)OC)c1csc2ccc(OC)cc12. The van der Waals surface area contributed by atoms with E-state index < -0.39 is 5.97 Å². The van der Waals surface area contributed by atoms with Gasteiger partial charge in [-0.15, -0.1) is 11.3 Å². The van der Waals surface area contributed by atoms with Crippen LogP contribution >= 0.6 is 11.3 Å². The number of fused-ring (bicyclic) bond motifs is 1. The van der Waals surface area contributed by atoms with E-state index in [-0.39, 0.29) is 0 Å². The summed E-state index contributed by atoms with van der Waals surface area (Å²) in [6.07, 6.45) is 1.40. The van der Waals surface area contributed by atoms with Gasteiger partial charge >= 0.3 is 5.97 Å². The number of ether oxygens (including phenoxy) is 3. The van der Waals surface area contributed by atoms with Crippen molar-refractivity contribution in [2.75, 3.05) is 21.3 Å². The molecule has 0 unspecified atom stereocenters. The minimum atomic E-state index is -0.427. The second-order valence-corrected chi connectivity index (χ2v) is 4.68. The molecule has 0 bridgehead atoms. The van der Waals surface area contributed by atoms with Gasteiger partial charge in [0, 0.05) is 21.0 Å². The maximum absolute atomic E-state index is 11.8. The fourth-order valence-corrected chi connectivity index (χ4v) is 2.73. The van der Waals surface area contributed by atoms with E-state index >= 15 is 0 Å². The summed E-state index contributed by atoms with van der Waals surface area (Å²) in [6, 6.07) is 5.75. The van der Waals surface area contributed by atoms with Gasteiger partial charge in [0.25, 0.3) is 0 Å². The molecule has 2 rings (SSSR count). The second-order valence-electron chi connectivity index (χ2n) is 3.77. The lowest BCUT2D eigenvalue weighted by atomic mass is 10.1. The predicted molar refractivity (Wildman–Crippen MR) is 75.4 cm³/mol. The first kappa shape index (κ1) is 13.4. The molecule has 0 fully saturated rings. The summed E-state index contributed by atoms with van der Waals surface area (Å²) in [7, 11) is 4.46. The normalized spacial score (nSPS) is 11.4. The van der Waals surface area contributed by atoms with Gasteiger partial charge in [-0.05, 0) is 18.2 Å². The monoisotopic (exact) mass is 278 g/mol. The number of thiophene rings is 1. The molecule has 5 heteroatoms. The maximum atomic E-state index is 11.8. The third-order valence-corrected chi connectivity index (χ3v) is 3.68. The predicted octanol–water partition coefficient (Wildman–Crippen LogP) is 3.07. The molecule has 0 aliphatic heterocycles. The summed E-state index contributed by atoms with van der Waals surface area (Å²) in [5, 5.41) is 2.85. The number of hydrogen-bond acceptors (Lipinski definition) is 5. The molecule has 100 valence electrons. The van der Waals surface area contributed by atoms with Gasteiger partial charge in [0.2, 0.25) is 0 Å². The molecular formula is C14H14O4S. The number of carbonyl (C=O) groups excluding carboxylic acids is 1. The first-order chi connectivity index (χ1) is 9.21. The van der Waals surface area contributed by atoms with Crippen LogP contribution in [0.3, 0.4) is 0 Å². The molecule has 19 heavy (non-hydrogen) atoms. The van der Waals surface area contributed by atoms with E-state index in [2.05, 4.69) is 0 Å². The maximum Gasteiger partial charge on any atom is 0.341 e. The molecule has 0 spiro atoms. The lowest BCUT2D eigenvalue weighted by Gasteiger charge is -2.05. The van der Waals surface area contributed by atoms with E-state index in [0.717, 1.165) is 21.4 Å². The van der Waals surface area contributed by atoms with Crippen LogP contribution in [0.15, 0.2) is 29.8 Å². The highest BCUT2D eigenvalue weighted by Crippen LogP contribution is 2.34. The van der Waals surface area contributed by atoms with Crippen molar-refractivity contribution in [3.05, 3.63) is 35.4 Å². The van der Waals surface area contributed by atoms with Gasteiger partial charge in [-0.2, -0.15) is 0 Å². The highest BCUT2D eigenvalue weighted by molar-refractivity contribution is 7.17. The van der Waals surface area contributed by atoms with Gasteiger partial charge in [0.15, 0.2) is 0 Å². The Morgan fingerprint density at radius 2 is 2.05 bits per heavy atom. The molecular weight excluding hydrogens is 264 g/mol. The van der Waals surface area contributed by atoms with Crippen LogP contribution in [0.5, 0.6) is 5.75 Å². The lowest BCUT2D eigenvalue weighted by molar-refractivity contribution is -0.133. The number of methoxy groups -OCH3 is 3. The van der Waals surface area contributed by atoms with Gasteiger partial charge in [-0.1, -0.05) is 0 Å². The van der Waals surface area contributed by atoms with Crippen molar-refractivity contribution in [1.29, 1.82) is 0 Å². The number of carbonyl (C=O) groups is 1. The van der Waals surface area contributed by atoms with Gasteiger partial charge < -0.3 is 14.2 Å². The van der Waals surface area contributed by atoms with E-state index in [4.69, 9.17) is 14.2 Å². The quantitative estimate of drug-likeness (QED) is 0.490. The largest absolute Gasteiger partial charge is 0.503 e. The Kier molecular flexibility index (Phi) is 4.06. The average Bonchev–Trinajstić information content (AvgIpc) is 2.86. The lowest BCUT2D eigenvalue weighted by Crippen LogP contribution is -2.04. The molecule has 1 aromatic heterocycles. The Labute approximate surface area is 115 Å². The second kappa shape index (κ2) is 5.75. The topological polar surface area (TPSA) is 44.8 Å². The Hall–Kier alpha value is -2.01. The minimum Gasteiger partial charge on any atom is -0.503 e. The minimum absolute atomic E-state index is 0.393. The Bertz CT molecular complexity index is 627. The summed E-state index contributed by atoms with van der Waals surface area (Å²) in [4.78, 5) is 11.8. The van der Waals surface area contributed by atoms with Crippen LogP contribution in [0.2, 0.25) is 0 Å². The zero-order valence-corrected chi connectivity index (χ0v) is 11.7. The van der Waals surface area contributed by atoms with E-state index in [9.17, 15) is 4.79 Å². The molecule has 0 saturated carbocycles. The summed E-state index contributed by atoms with van der Waals surface area (Å²) in [5.41, 5.74) is 1.18. The van der Waals surface area contributed by atoms with Crippen LogP contribution in [0.25, 0.3) is 15.7 Å². The summed E-state index contributed by atoms with van der Waals surface area (Å²) >= 11 is 1.56. The molecule has 0 aliphatic rings. The first-order valence-corrected chi connectivity index (χ1v) is 6.46. The Morgan fingerprint density at radius 1 is 1.26 bits per heavy atom. The van der Waals surface area contributed by atoms with Crippen molar-refractivity contribution >= 4 is 33.0 Å². The number of hydrogen-bond donors (Lipinski definition) is 0. The molecule has 1 aromatic carbocycles. The van der Waals surface area contributed by atoms with Crippen LogP contribution in [-0.4, -0.2) is 27.3 Å². The van der Waals surface area contributed by atoms with Crippen LogP contribution in [0.1, 0.15) is 5.56 Å². The van der Waals surface area contributed by atoms with Crippen molar-refractivity contribution in [2.24, 2.45) is 0 Å². The molecule has 0 amide bonds. The highest BCUT2D eigenvalue weighted by Gasteiger charge is 2.17. The highest BCUT2D eigenvalue weighted by atomic mass is 32.1. The average molecular weight is 278 g/mol. The fourth-order valence-electron chi connectivity index (χ4n) is 1.79. The van der Waals surface area contributed by atoms with Crippen molar-refractivity contribution in [3.8, 4) is 5.75 Å². The van der Waals surface area contributed by atoms with Crippen LogP contribution in [-0.2, 0) is 14.3 Å². The van der Waals surface area contributed by atoms with E-state index in [0.29, 0.717) is 5.57 Å². The Morgan fingerprint density at radius 3 is 2.68 bits per heavy atom. The van der Waals surface area contributed by atoms with Gasteiger partial charge in [-0.25, -0.2) is 4.79 Å². The van der Waals surface area contributed by atoms with Crippen molar-refractivity contribution < 1.29 is 19.0 Å². The molecule has 0 aliphatic carbocycles. The third-order valence-electron chi connectivity index (χ3n) is 2.71.